The highest BCUT2D eigenvalue weighted by Crippen LogP contribution is 2.23. The first-order valence-electron chi connectivity index (χ1n) is 8.82. The van der Waals surface area contributed by atoms with Crippen molar-refractivity contribution in [3.63, 3.8) is 0 Å². The van der Waals surface area contributed by atoms with Crippen molar-refractivity contribution in [3.05, 3.63) is 42.2 Å². The standard InChI is InChI=1S/C19H24N4O3/c1-14-19(25)23(16-6-8-17(26-2)9-7-16)11-10-22(14)18(24)5-3-4-15-12-20-21-13-15/h6-9,12-14H,3-5,10-11H2,1-2H3,(H,20,21)/t14-/m0/s1. The molecule has 7 nitrogen and oxygen atoms in total. The van der Waals surface area contributed by atoms with E-state index in [0.29, 0.717) is 19.5 Å². The van der Waals surface area contributed by atoms with Gasteiger partial charge in [-0.1, -0.05) is 0 Å². The van der Waals surface area contributed by atoms with Crippen LogP contribution in [0.5, 0.6) is 5.75 Å². The minimum absolute atomic E-state index is 0.0312. The second-order valence-corrected chi connectivity index (χ2v) is 6.41. The number of ether oxygens (including phenoxy) is 1. The number of aromatic nitrogens is 2. The quantitative estimate of drug-likeness (QED) is 0.859. The Hall–Kier alpha value is -2.83. The molecular weight excluding hydrogens is 332 g/mol. The van der Waals surface area contributed by atoms with Gasteiger partial charge in [0.15, 0.2) is 0 Å². The Balaban J connectivity index is 1.56. The van der Waals surface area contributed by atoms with E-state index in [1.807, 2.05) is 30.5 Å². The average molecular weight is 356 g/mol. The van der Waals surface area contributed by atoms with Crippen molar-refractivity contribution in [2.45, 2.75) is 32.2 Å². The van der Waals surface area contributed by atoms with Crippen LogP contribution in [-0.2, 0) is 16.0 Å². The predicted molar refractivity (Wildman–Crippen MR) is 98.0 cm³/mol. The average Bonchev–Trinajstić information content (AvgIpc) is 3.17. The van der Waals surface area contributed by atoms with E-state index in [2.05, 4.69) is 10.2 Å². The molecule has 0 spiro atoms. The lowest BCUT2D eigenvalue weighted by atomic mass is 10.1. The van der Waals surface area contributed by atoms with Gasteiger partial charge in [0.05, 0.1) is 13.3 Å². The van der Waals surface area contributed by atoms with E-state index in [4.69, 9.17) is 4.74 Å². The second kappa shape index (κ2) is 8.03. The summed E-state index contributed by atoms with van der Waals surface area (Å²) >= 11 is 0. The SMILES string of the molecule is COc1ccc(N2CCN(C(=O)CCCc3cn[nH]c3)[C@@H](C)C2=O)cc1. The summed E-state index contributed by atoms with van der Waals surface area (Å²) in [6.45, 7) is 2.85. The third-order valence-corrected chi connectivity index (χ3v) is 4.77. The van der Waals surface area contributed by atoms with Crippen LogP contribution in [0.3, 0.4) is 0 Å². The maximum Gasteiger partial charge on any atom is 0.249 e. The first kappa shape index (κ1) is 18.0. The van der Waals surface area contributed by atoms with Crippen LogP contribution in [0.1, 0.15) is 25.3 Å². The summed E-state index contributed by atoms with van der Waals surface area (Å²) in [6.07, 6.45) is 5.59. The Labute approximate surface area is 152 Å². The Morgan fingerprint density at radius 2 is 2.08 bits per heavy atom. The number of aromatic amines is 1. The van der Waals surface area contributed by atoms with Crippen LogP contribution >= 0.6 is 0 Å². The number of aryl methyl sites for hydroxylation is 1. The molecular formula is C19H24N4O3. The number of hydrogen-bond donors (Lipinski definition) is 1. The molecule has 1 atom stereocenters. The highest BCUT2D eigenvalue weighted by Gasteiger charge is 2.34. The summed E-state index contributed by atoms with van der Waals surface area (Å²) in [5.41, 5.74) is 1.92. The molecule has 3 rings (SSSR count). The molecule has 1 aromatic heterocycles. The number of rotatable bonds is 6. The molecule has 0 bridgehead atoms. The number of benzene rings is 1. The number of nitrogens with one attached hydrogen (secondary N) is 1. The van der Waals surface area contributed by atoms with Crippen LogP contribution in [0.25, 0.3) is 0 Å². The van der Waals surface area contributed by atoms with Crippen molar-refractivity contribution in [2.75, 3.05) is 25.1 Å². The summed E-state index contributed by atoms with van der Waals surface area (Å²) in [5.74, 6) is 0.731. The molecule has 1 saturated heterocycles. The van der Waals surface area contributed by atoms with E-state index >= 15 is 0 Å². The van der Waals surface area contributed by atoms with Gasteiger partial charge in [-0.15, -0.1) is 0 Å². The minimum atomic E-state index is -0.452. The topological polar surface area (TPSA) is 78.5 Å². The fraction of sp³-hybridized carbons (Fsp3) is 0.421. The van der Waals surface area contributed by atoms with E-state index in [0.717, 1.165) is 29.8 Å². The minimum Gasteiger partial charge on any atom is -0.497 e. The van der Waals surface area contributed by atoms with E-state index in [1.54, 1.807) is 30.0 Å². The number of piperazine rings is 1. The highest BCUT2D eigenvalue weighted by molar-refractivity contribution is 6.00. The van der Waals surface area contributed by atoms with E-state index in [9.17, 15) is 9.59 Å². The molecule has 2 amide bonds. The number of anilines is 1. The van der Waals surface area contributed by atoms with Crippen molar-refractivity contribution in [2.24, 2.45) is 0 Å². The van der Waals surface area contributed by atoms with Crippen LogP contribution in [-0.4, -0.2) is 53.2 Å². The lowest BCUT2D eigenvalue weighted by molar-refractivity contribution is -0.140. The molecule has 2 aromatic rings. The van der Waals surface area contributed by atoms with Crippen LogP contribution < -0.4 is 9.64 Å². The maximum absolute atomic E-state index is 12.7. The summed E-state index contributed by atoms with van der Waals surface area (Å²) in [6, 6.07) is 6.95. The van der Waals surface area contributed by atoms with Crippen molar-refractivity contribution in [1.82, 2.24) is 15.1 Å². The maximum atomic E-state index is 12.7. The van der Waals surface area contributed by atoms with Gasteiger partial charge < -0.3 is 14.5 Å². The molecule has 1 N–H and O–H groups in total. The van der Waals surface area contributed by atoms with Gasteiger partial charge in [-0.25, -0.2) is 0 Å². The molecule has 0 aliphatic carbocycles. The van der Waals surface area contributed by atoms with Crippen molar-refractivity contribution >= 4 is 17.5 Å². The first-order valence-corrected chi connectivity index (χ1v) is 8.82. The predicted octanol–water partition coefficient (Wildman–Crippen LogP) is 2.00. The molecule has 0 radical (unpaired) electrons. The fourth-order valence-corrected chi connectivity index (χ4v) is 3.23. The van der Waals surface area contributed by atoms with Gasteiger partial charge in [-0.2, -0.15) is 5.10 Å². The van der Waals surface area contributed by atoms with Gasteiger partial charge in [0.25, 0.3) is 0 Å². The third-order valence-electron chi connectivity index (χ3n) is 4.77. The number of nitrogens with zero attached hydrogens (tertiary/aromatic N) is 3. The van der Waals surface area contributed by atoms with Gasteiger partial charge in [0.2, 0.25) is 11.8 Å². The summed E-state index contributed by atoms with van der Waals surface area (Å²) in [4.78, 5) is 28.7. The smallest absolute Gasteiger partial charge is 0.249 e. The molecule has 2 heterocycles. The lowest BCUT2D eigenvalue weighted by Crippen LogP contribution is -2.57. The Morgan fingerprint density at radius 1 is 1.31 bits per heavy atom. The third kappa shape index (κ3) is 3.87. The Bertz CT molecular complexity index is 743. The summed E-state index contributed by atoms with van der Waals surface area (Å²) in [7, 11) is 1.61. The number of carbonyl (C=O) groups is 2. The number of amides is 2. The first-order chi connectivity index (χ1) is 12.6. The molecule has 1 fully saturated rings. The van der Waals surface area contributed by atoms with E-state index < -0.39 is 6.04 Å². The van der Waals surface area contributed by atoms with E-state index in [-0.39, 0.29) is 11.8 Å². The van der Waals surface area contributed by atoms with Crippen LogP contribution in [0.4, 0.5) is 5.69 Å². The Kier molecular flexibility index (Phi) is 5.55. The molecule has 0 saturated carbocycles. The van der Waals surface area contributed by atoms with Gasteiger partial charge >= 0.3 is 0 Å². The van der Waals surface area contributed by atoms with Crippen molar-refractivity contribution in [3.8, 4) is 5.75 Å². The van der Waals surface area contributed by atoms with Gasteiger partial charge in [0.1, 0.15) is 11.8 Å². The van der Waals surface area contributed by atoms with Crippen LogP contribution in [0.2, 0.25) is 0 Å². The normalized spacial score (nSPS) is 17.5. The number of H-pyrrole nitrogens is 1. The molecule has 7 heteroatoms. The molecule has 26 heavy (non-hydrogen) atoms. The molecule has 0 unspecified atom stereocenters. The lowest BCUT2D eigenvalue weighted by Gasteiger charge is -2.39. The number of carbonyl (C=O) groups excluding carboxylic acids is 2. The second-order valence-electron chi connectivity index (χ2n) is 6.41. The molecule has 1 aliphatic heterocycles. The van der Waals surface area contributed by atoms with Crippen molar-refractivity contribution < 1.29 is 14.3 Å². The number of hydrogen-bond acceptors (Lipinski definition) is 4. The van der Waals surface area contributed by atoms with Gasteiger partial charge in [0, 0.05) is 31.4 Å². The molecule has 138 valence electrons. The number of methoxy groups -OCH3 is 1. The van der Waals surface area contributed by atoms with E-state index in [1.165, 1.54) is 0 Å². The zero-order valence-electron chi connectivity index (χ0n) is 15.1. The van der Waals surface area contributed by atoms with Crippen molar-refractivity contribution in [1.29, 1.82) is 0 Å². The summed E-state index contributed by atoms with van der Waals surface area (Å²) < 4.78 is 5.16. The van der Waals surface area contributed by atoms with Gasteiger partial charge in [-0.3, -0.25) is 14.7 Å². The zero-order valence-corrected chi connectivity index (χ0v) is 15.1. The zero-order chi connectivity index (χ0) is 18.5. The van der Waals surface area contributed by atoms with Crippen LogP contribution in [0.15, 0.2) is 36.7 Å². The molecule has 1 aliphatic rings. The molecule has 1 aromatic carbocycles. The Morgan fingerprint density at radius 3 is 2.73 bits per heavy atom. The summed E-state index contributed by atoms with van der Waals surface area (Å²) in [5, 5.41) is 6.67. The monoisotopic (exact) mass is 356 g/mol. The van der Waals surface area contributed by atoms with Crippen LogP contribution in [0, 0.1) is 0 Å². The highest BCUT2D eigenvalue weighted by atomic mass is 16.5. The largest absolute Gasteiger partial charge is 0.497 e. The fourth-order valence-electron chi connectivity index (χ4n) is 3.23. The van der Waals surface area contributed by atoms with Gasteiger partial charge in [-0.05, 0) is 49.6 Å².